The number of nitrogens with one attached hydrogen (secondary N) is 3. The lowest BCUT2D eigenvalue weighted by molar-refractivity contribution is -0.142. The zero-order valence-electron chi connectivity index (χ0n) is 21.5. The monoisotopic (exact) mass is 566 g/mol. The van der Waals surface area contributed by atoms with Crippen LogP contribution in [0.5, 0.6) is 5.75 Å². The number of hydrogen-bond acceptors (Lipinski definition) is 9. The molecule has 0 aromatic heterocycles. The Hall–Kier alpha value is -4.73. The highest BCUT2D eigenvalue weighted by Crippen LogP contribution is 2.12. The van der Waals surface area contributed by atoms with E-state index in [1.54, 1.807) is 0 Å². The number of amides is 5. The fourth-order valence-electron chi connectivity index (χ4n) is 3.41. The van der Waals surface area contributed by atoms with Gasteiger partial charge in [0.2, 0.25) is 29.5 Å². The minimum absolute atomic E-state index is 0.0466. The molecule has 1 aromatic carbocycles. The number of phenolic OH excluding ortho intramolecular Hbond substituents is 1. The van der Waals surface area contributed by atoms with Crippen molar-refractivity contribution in [1.82, 2.24) is 16.0 Å². The number of aliphatic carboxylic acids is 2. The van der Waals surface area contributed by atoms with E-state index in [0.717, 1.165) is 0 Å². The van der Waals surface area contributed by atoms with E-state index < -0.39 is 72.1 Å². The van der Waals surface area contributed by atoms with Crippen LogP contribution in [0.3, 0.4) is 0 Å². The van der Waals surface area contributed by atoms with Gasteiger partial charge in [0.15, 0.2) is 0 Å². The van der Waals surface area contributed by atoms with Gasteiger partial charge in [0.25, 0.3) is 0 Å². The minimum Gasteiger partial charge on any atom is -0.508 e. The van der Waals surface area contributed by atoms with Crippen molar-refractivity contribution in [2.45, 2.75) is 69.1 Å². The fourth-order valence-corrected chi connectivity index (χ4v) is 3.41. The van der Waals surface area contributed by atoms with Crippen molar-refractivity contribution in [2.24, 2.45) is 17.2 Å². The van der Waals surface area contributed by atoms with Gasteiger partial charge in [0, 0.05) is 25.7 Å². The van der Waals surface area contributed by atoms with Gasteiger partial charge in [-0.2, -0.15) is 0 Å². The van der Waals surface area contributed by atoms with Crippen molar-refractivity contribution >= 4 is 41.5 Å². The zero-order chi connectivity index (χ0) is 30.4. The number of hydrogen-bond donors (Lipinski definition) is 9. The highest BCUT2D eigenvalue weighted by Gasteiger charge is 2.31. The first-order valence-corrected chi connectivity index (χ1v) is 12.1. The molecule has 1 aromatic rings. The van der Waals surface area contributed by atoms with E-state index in [4.69, 9.17) is 22.3 Å². The topological polar surface area (TPSA) is 294 Å². The van der Waals surface area contributed by atoms with Crippen LogP contribution in [0.15, 0.2) is 24.3 Å². The molecule has 40 heavy (non-hydrogen) atoms. The van der Waals surface area contributed by atoms with Crippen LogP contribution in [0.25, 0.3) is 0 Å². The molecular formula is C24H34N6O10. The van der Waals surface area contributed by atoms with Crippen LogP contribution >= 0.6 is 0 Å². The molecule has 5 amide bonds. The minimum atomic E-state index is -1.48. The molecule has 12 N–H and O–H groups in total. The Labute approximate surface area is 228 Å². The van der Waals surface area contributed by atoms with Crippen molar-refractivity contribution in [2.75, 3.05) is 0 Å². The summed E-state index contributed by atoms with van der Waals surface area (Å²) in [5, 5.41) is 34.7. The molecule has 0 bridgehead atoms. The van der Waals surface area contributed by atoms with Gasteiger partial charge in [-0.25, -0.2) is 4.79 Å². The molecule has 0 aliphatic heterocycles. The van der Waals surface area contributed by atoms with Crippen molar-refractivity contribution in [3.63, 3.8) is 0 Å². The Bertz CT molecular complexity index is 1090. The first-order valence-electron chi connectivity index (χ1n) is 12.1. The molecule has 0 fully saturated rings. The number of phenols is 1. The molecule has 0 aliphatic rings. The predicted molar refractivity (Wildman–Crippen MR) is 137 cm³/mol. The maximum Gasteiger partial charge on any atom is 0.326 e. The number of rotatable bonds is 18. The zero-order valence-corrected chi connectivity index (χ0v) is 21.5. The quantitative estimate of drug-likeness (QED) is 0.0873. The SMILES string of the molecule is NC(=O)CCC(NC(=O)C(N)CCC(=O)O)C(=O)NC(CCC(N)=O)C(=O)NC(Cc1ccc(O)cc1)C(=O)O. The first-order chi connectivity index (χ1) is 18.7. The van der Waals surface area contributed by atoms with E-state index in [2.05, 4.69) is 16.0 Å². The number of carboxylic acids is 2. The number of nitrogens with two attached hydrogens (primary N) is 3. The summed E-state index contributed by atoms with van der Waals surface area (Å²) in [6, 6.07) is -0.0938. The summed E-state index contributed by atoms with van der Waals surface area (Å²) in [6.45, 7) is 0. The smallest absolute Gasteiger partial charge is 0.326 e. The molecule has 4 atom stereocenters. The van der Waals surface area contributed by atoms with Gasteiger partial charge in [0.05, 0.1) is 6.04 Å². The molecule has 4 unspecified atom stereocenters. The second-order valence-electron chi connectivity index (χ2n) is 8.94. The van der Waals surface area contributed by atoms with E-state index in [1.165, 1.54) is 24.3 Å². The molecule has 220 valence electrons. The summed E-state index contributed by atoms with van der Waals surface area (Å²) in [5.74, 6) is -7.10. The van der Waals surface area contributed by atoms with Gasteiger partial charge in [-0.3, -0.25) is 28.8 Å². The van der Waals surface area contributed by atoms with Crippen LogP contribution < -0.4 is 33.2 Å². The number of aromatic hydroxyl groups is 1. The lowest BCUT2D eigenvalue weighted by atomic mass is 10.0. The first kappa shape index (κ1) is 33.3. The van der Waals surface area contributed by atoms with Crippen LogP contribution in [-0.2, 0) is 40.0 Å². The van der Waals surface area contributed by atoms with Gasteiger partial charge in [-0.05, 0) is 37.0 Å². The Kier molecular flexibility index (Phi) is 13.6. The van der Waals surface area contributed by atoms with E-state index in [-0.39, 0.29) is 44.3 Å². The van der Waals surface area contributed by atoms with Crippen molar-refractivity contribution in [1.29, 1.82) is 0 Å². The molecular weight excluding hydrogens is 532 g/mol. The molecule has 0 heterocycles. The van der Waals surface area contributed by atoms with Crippen molar-refractivity contribution in [3.05, 3.63) is 29.8 Å². The number of carboxylic acid groups (broad SMARTS) is 2. The van der Waals surface area contributed by atoms with Crippen LogP contribution in [0.4, 0.5) is 0 Å². The third kappa shape index (κ3) is 12.7. The second kappa shape index (κ2) is 16.3. The number of carbonyl (C=O) groups excluding carboxylic acids is 5. The van der Waals surface area contributed by atoms with Crippen LogP contribution in [0.1, 0.15) is 44.1 Å². The van der Waals surface area contributed by atoms with Crippen molar-refractivity contribution < 1.29 is 48.9 Å². The van der Waals surface area contributed by atoms with Gasteiger partial charge < -0.3 is 48.5 Å². The second-order valence-corrected chi connectivity index (χ2v) is 8.94. The van der Waals surface area contributed by atoms with Crippen LogP contribution in [0, 0.1) is 0 Å². The Balaban J connectivity index is 3.07. The van der Waals surface area contributed by atoms with Crippen molar-refractivity contribution in [3.8, 4) is 5.75 Å². The number of carbonyl (C=O) groups is 7. The third-order valence-electron chi connectivity index (χ3n) is 5.62. The highest BCUT2D eigenvalue weighted by molar-refractivity contribution is 5.94. The fraction of sp³-hybridized carbons (Fsp3) is 0.458. The van der Waals surface area contributed by atoms with E-state index in [0.29, 0.717) is 5.56 Å². The average Bonchev–Trinajstić information content (AvgIpc) is 2.87. The molecule has 16 nitrogen and oxygen atoms in total. The summed E-state index contributed by atoms with van der Waals surface area (Å²) in [7, 11) is 0. The van der Waals surface area contributed by atoms with Gasteiger partial charge in [-0.1, -0.05) is 12.1 Å². The Morgan fingerprint density at radius 1 is 0.675 bits per heavy atom. The van der Waals surface area contributed by atoms with Crippen LogP contribution in [-0.4, -0.2) is 81.0 Å². The normalized spacial score (nSPS) is 13.6. The lowest BCUT2D eigenvalue weighted by Crippen LogP contribution is -2.57. The molecule has 0 spiro atoms. The highest BCUT2D eigenvalue weighted by atomic mass is 16.4. The van der Waals surface area contributed by atoms with E-state index >= 15 is 0 Å². The summed E-state index contributed by atoms with van der Waals surface area (Å²) < 4.78 is 0. The Morgan fingerprint density at radius 2 is 1.12 bits per heavy atom. The molecule has 0 saturated heterocycles. The maximum atomic E-state index is 13.0. The summed E-state index contributed by atoms with van der Waals surface area (Å²) in [4.78, 5) is 83.6. The number of primary amides is 2. The molecule has 0 aliphatic carbocycles. The van der Waals surface area contributed by atoms with Crippen LogP contribution in [0.2, 0.25) is 0 Å². The average molecular weight is 567 g/mol. The summed E-state index contributed by atoms with van der Waals surface area (Å²) >= 11 is 0. The van der Waals surface area contributed by atoms with E-state index in [9.17, 15) is 43.8 Å². The molecule has 0 saturated carbocycles. The number of benzene rings is 1. The Morgan fingerprint density at radius 3 is 1.55 bits per heavy atom. The largest absolute Gasteiger partial charge is 0.508 e. The molecule has 1 rings (SSSR count). The molecule has 16 heteroatoms. The van der Waals surface area contributed by atoms with Gasteiger partial charge in [0.1, 0.15) is 23.9 Å². The standard InChI is InChI=1S/C24H34N6O10/c25-14(5-10-20(34)35)21(36)28-15(6-8-18(26)32)22(37)29-16(7-9-19(27)33)23(38)30-17(24(39)40)11-12-1-3-13(31)4-2-12/h1-4,14-17,31H,5-11,25H2,(H2,26,32)(H2,27,33)(H,28,36)(H,29,37)(H,30,38)(H,34,35)(H,39,40). The third-order valence-corrected chi connectivity index (χ3v) is 5.62. The van der Waals surface area contributed by atoms with E-state index in [1.807, 2.05) is 0 Å². The lowest BCUT2D eigenvalue weighted by Gasteiger charge is -2.25. The predicted octanol–water partition coefficient (Wildman–Crippen LogP) is -2.80. The van der Waals surface area contributed by atoms with Gasteiger partial charge >= 0.3 is 11.9 Å². The summed E-state index contributed by atoms with van der Waals surface area (Å²) in [6.07, 6.45) is -2.19. The van der Waals surface area contributed by atoms with Gasteiger partial charge in [-0.15, -0.1) is 0 Å². The molecule has 0 radical (unpaired) electrons. The maximum absolute atomic E-state index is 13.0. The summed E-state index contributed by atoms with van der Waals surface area (Å²) in [5.41, 5.74) is 16.4.